The Morgan fingerprint density at radius 1 is 1.70 bits per heavy atom. The molecule has 1 aliphatic carbocycles. The molecule has 0 aliphatic heterocycles. The van der Waals surface area contributed by atoms with Crippen LogP contribution in [0.15, 0.2) is 0 Å². The van der Waals surface area contributed by atoms with E-state index in [9.17, 15) is 9.59 Å². The molecule has 0 saturated heterocycles. The lowest BCUT2D eigenvalue weighted by Gasteiger charge is -2.36. The number of hydrogen-bond donors (Lipinski definition) is 2. The zero-order chi connectivity index (χ0) is 7.78. The van der Waals surface area contributed by atoms with Gasteiger partial charge in [0.1, 0.15) is 5.78 Å². The number of rotatable bonds is 1. The maximum absolute atomic E-state index is 10.5. The Hall–Kier alpha value is -1.06. The van der Waals surface area contributed by atoms with Crippen LogP contribution in [-0.2, 0) is 4.79 Å². The van der Waals surface area contributed by atoms with Gasteiger partial charge in [-0.2, -0.15) is 0 Å². The first-order chi connectivity index (χ1) is 4.52. The van der Waals surface area contributed by atoms with Gasteiger partial charge in [-0.1, -0.05) is 0 Å². The van der Waals surface area contributed by atoms with E-state index in [1.54, 1.807) is 6.92 Å². The third-order valence-electron chi connectivity index (χ3n) is 1.58. The Balaban J connectivity index is 2.41. The highest BCUT2D eigenvalue weighted by Crippen LogP contribution is 2.27. The van der Waals surface area contributed by atoms with Crippen LogP contribution in [0.4, 0.5) is 4.79 Å². The number of carboxylic acid groups (broad SMARTS) is 1. The van der Waals surface area contributed by atoms with Gasteiger partial charge < -0.3 is 10.4 Å². The molecule has 0 heterocycles. The van der Waals surface area contributed by atoms with Gasteiger partial charge in [0.2, 0.25) is 0 Å². The lowest BCUT2D eigenvalue weighted by Crippen LogP contribution is -2.55. The molecule has 0 unspecified atom stereocenters. The summed E-state index contributed by atoms with van der Waals surface area (Å²) in [4.78, 5) is 20.6. The van der Waals surface area contributed by atoms with Gasteiger partial charge in [-0.3, -0.25) is 4.79 Å². The number of nitrogens with one attached hydrogen (secondary N) is 1. The van der Waals surface area contributed by atoms with E-state index in [4.69, 9.17) is 5.11 Å². The fraction of sp³-hybridized carbons (Fsp3) is 0.667. The molecule has 56 valence electrons. The first kappa shape index (κ1) is 7.05. The van der Waals surface area contributed by atoms with Crippen LogP contribution in [0, 0.1) is 0 Å². The van der Waals surface area contributed by atoms with Gasteiger partial charge in [-0.15, -0.1) is 0 Å². The van der Waals surface area contributed by atoms with Crippen LogP contribution in [0.2, 0.25) is 0 Å². The van der Waals surface area contributed by atoms with Crippen molar-refractivity contribution < 1.29 is 14.7 Å². The fourth-order valence-corrected chi connectivity index (χ4v) is 1.17. The molecule has 0 atom stereocenters. The average Bonchev–Trinajstić information content (AvgIpc) is 1.57. The number of Topliss-reactive ketones (excluding diaryl/α,β-unsaturated/α-hetero) is 1. The molecule has 0 radical (unpaired) electrons. The van der Waals surface area contributed by atoms with Crippen molar-refractivity contribution in [2.75, 3.05) is 0 Å². The Morgan fingerprint density at radius 3 is 2.50 bits per heavy atom. The van der Waals surface area contributed by atoms with Crippen molar-refractivity contribution in [2.45, 2.75) is 25.3 Å². The normalized spacial score (nSPS) is 21.5. The lowest BCUT2D eigenvalue weighted by molar-refractivity contribution is -0.128. The van der Waals surface area contributed by atoms with Crippen LogP contribution in [0.25, 0.3) is 0 Å². The minimum absolute atomic E-state index is 0.122. The zero-order valence-corrected chi connectivity index (χ0v) is 5.68. The first-order valence-electron chi connectivity index (χ1n) is 3.05. The second-order valence-corrected chi connectivity index (χ2v) is 2.88. The molecule has 0 bridgehead atoms. The minimum Gasteiger partial charge on any atom is -0.465 e. The summed E-state index contributed by atoms with van der Waals surface area (Å²) in [7, 11) is 0. The summed E-state index contributed by atoms with van der Waals surface area (Å²) in [5.74, 6) is 0.122. The van der Waals surface area contributed by atoms with E-state index in [0.29, 0.717) is 12.8 Å². The second-order valence-electron chi connectivity index (χ2n) is 2.88. The molecule has 4 nitrogen and oxygen atoms in total. The Morgan fingerprint density at radius 2 is 2.20 bits per heavy atom. The fourth-order valence-electron chi connectivity index (χ4n) is 1.17. The maximum Gasteiger partial charge on any atom is 0.405 e. The van der Waals surface area contributed by atoms with Gasteiger partial charge in [0.05, 0.1) is 5.54 Å². The van der Waals surface area contributed by atoms with Gasteiger partial charge in [0, 0.05) is 12.8 Å². The van der Waals surface area contributed by atoms with Crippen molar-refractivity contribution in [3.05, 3.63) is 0 Å². The largest absolute Gasteiger partial charge is 0.465 e. The highest BCUT2D eigenvalue weighted by molar-refractivity contribution is 5.88. The predicted molar refractivity (Wildman–Crippen MR) is 33.8 cm³/mol. The number of amides is 1. The van der Waals surface area contributed by atoms with E-state index in [-0.39, 0.29) is 5.78 Å². The van der Waals surface area contributed by atoms with Crippen molar-refractivity contribution in [3.63, 3.8) is 0 Å². The highest BCUT2D eigenvalue weighted by Gasteiger charge is 2.40. The monoisotopic (exact) mass is 143 g/mol. The van der Waals surface area contributed by atoms with E-state index in [1.165, 1.54) is 0 Å². The van der Waals surface area contributed by atoms with Crippen LogP contribution >= 0.6 is 0 Å². The van der Waals surface area contributed by atoms with Crippen molar-refractivity contribution in [3.8, 4) is 0 Å². The highest BCUT2D eigenvalue weighted by atomic mass is 16.4. The summed E-state index contributed by atoms with van der Waals surface area (Å²) < 4.78 is 0. The van der Waals surface area contributed by atoms with Crippen LogP contribution in [-0.4, -0.2) is 22.5 Å². The molecule has 2 N–H and O–H groups in total. The van der Waals surface area contributed by atoms with E-state index < -0.39 is 11.6 Å². The van der Waals surface area contributed by atoms with Crippen LogP contribution in [0.5, 0.6) is 0 Å². The molecule has 1 amide bonds. The Bertz CT molecular complexity index is 179. The average molecular weight is 143 g/mol. The molecule has 1 saturated carbocycles. The van der Waals surface area contributed by atoms with Crippen LogP contribution in [0.3, 0.4) is 0 Å². The van der Waals surface area contributed by atoms with Gasteiger partial charge in [0.15, 0.2) is 0 Å². The lowest BCUT2D eigenvalue weighted by atomic mass is 9.77. The quantitative estimate of drug-likeness (QED) is 0.557. The third kappa shape index (κ3) is 1.26. The molecule has 1 aliphatic rings. The molecule has 0 aromatic carbocycles. The molecule has 0 aromatic rings. The number of hydrogen-bond acceptors (Lipinski definition) is 2. The number of carbonyl (C=O) groups is 2. The van der Waals surface area contributed by atoms with Gasteiger partial charge in [-0.05, 0) is 6.92 Å². The molecular weight excluding hydrogens is 134 g/mol. The molecule has 0 aromatic heterocycles. The molecule has 1 rings (SSSR count). The van der Waals surface area contributed by atoms with E-state index >= 15 is 0 Å². The second kappa shape index (κ2) is 1.97. The molecule has 1 fully saturated rings. The van der Waals surface area contributed by atoms with Gasteiger partial charge >= 0.3 is 6.09 Å². The number of ketones is 1. The molecule has 0 spiro atoms. The molecule has 10 heavy (non-hydrogen) atoms. The summed E-state index contributed by atoms with van der Waals surface area (Å²) >= 11 is 0. The van der Waals surface area contributed by atoms with Crippen LogP contribution < -0.4 is 5.32 Å². The Kier molecular flexibility index (Phi) is 1.39. The summed E-state index contributed by atoms with van der Waals surface area (Å²) in [6.45, 7) is 1.72. The van der Waals surface area contributed by atoms with Crippen molar-refractivity contribution in [1.82, 2.24) is 5.32 Å². The van der Waals surface area contributed by atoms with Crippen molar-refractivity contribution in [1.29, 1.82) is 0 Å². The summed E-state index contributed by atoms with van der Waals surface area (Å²) in [5, 5.41) is 10.6. The molecule has 4 heteroatoms. The van der Waals surface area contributed by atoms with Gasteiger partial charge in [0.25, 0.3) is 0 Å². The Labute approximate surface area is 58.2 Å². The van der Waals surface area contributed by atoms with Gasteiger partial charge in [-0.25, -0.2) is 4.79 Å². The number of carbonyl (C=O) groups excluding carboxylic acids is 1. The van der Waals surface area contributed by atoms with Crippen molar-refractivity contribution in [2.24, 2.45) is 0 Å². The summed E-state index contributed by atoms with van der Waals surface area (Å²) in [6, 6.07) is 0. The molecular formula is C6H9NO3. The summed E-state index contributed by atoms with van der Waals surface area (Å²) in [5.41, 5.74) is -0.483. The first-order valence-corrected chi connectivity index (χ1v) is 3.05. The van der Waals surface area contributed by atoms with E-state index in [2.05, 4.69) is 5.32 Å². The smallest absolute Gasteiger partial charge is 0.405 e. The van der Waals surface area contributed by atoms with Crippen LogP contribution in [0.1, 0.15) is 19.8 Å². The van der Waals surface area contributed by atoms with E-state index in [1.807, 2.05) is 0 Å². The van der Waals surface area contributed by atoms with Crippen molar-refractivity contribution >= 4 is 11.9 Å². The summed E-state index contributed by atoms with van der Waals surface area (Å²) in [6.07, 6.45) is -0.395. The third-order valence-corrected chi connectivity index (χ3v) is 1.58. The maximum atomic E-state index is 10.5. The minimum atomic E-state index is -1.06. The predicted octanol–water partition coefficient (Wildman–Crippen LogP) is 0.376. The van der Waals surface area contributed by atoms with E-state index in [0.717, 1.165) is 0 Å². The standard InChI is InChI=1S/C6H9NO3/c1-6(7-5(9)10)2-4(8)3-6/h7H,2-3H2,1H3,(H,9,10). The topological polar surface area (TPSA) is 66.4 Å². The zero-order valence-electron chi connectivity index (χ0n) is 5.68. The SMILES string of the molecule is CC1(NC(=O)O)CC(=O)C1.